The van der Waals surface area contributed by atoms with Crippen LogP contribution in [0.3, 0.4) is 0 Å². The second kappa shape index (κ2) is 8.66. The van der Waals surface area contributed by atoms with E-state index in [-0.39, 0.29) is 16.7 Å². The molecule has 8 nitrogen and oxygen atoms in total. The molecule has 0 saturated heterocycles. The first-order valence-corrected chi connectivity index (χ1v) is 12.3. The summed E-state index contributed by atoms with van der Waals surface area (Å²) in [6.45, 7) is 0. The highest BCUT2D eigenvalue weighted by Crippen LogP contribution is 2.38. The summed E-state index contributed by atoms with van der Waals surface area (Å²) in [7, 11) is -3.50. The lowest BCUT2D eigenvalue weighted by molar-refractivity contribution is -0.120. The van der Waals surface area contributed by atoms with Gasteiger partial charge in [-0.05, 0) is 30.5 Å². The lowest BCUT2D eigenvalue weighted by atomic mass is 9.84. The molecule has 2 aromatic heterocycles. The average Bonchev–Trinajstić information content (AvgIpc) is 3.09. The molecule has 0 bridgehead atoms. The third-order valence-electron chi connectivity index (χ3n) is 5.97. The Morgan fingerprint density at radius 2 is 2.00 bits per heavy atom. The van der Waals surface area contributed by atoms with Gasteiger partial charge in [-0.25, -0.2) is 18.4 Å². The van der Waals surface area contributed by atoms with Crippen LogP contribution in [-0.2, 0) is 14.6 Å². The Morgan fingerprint density at radius 3 is 2.68 bits per heavy atom. The average molecular weight is 443 g/mol. The van der Waals surface area contributed by atoms with Gasteiger partial charge in [0.2, 0.25) is 5.91 Å². The van der Waals surface area contributed by atoms with Crippen LogP contribution < -0.4 is 5.32 Å². The Morgan fingerprint density at radius 1 is 1.23 bits per heavy atom. The number of anilines is 1. The zero-order chi connectivity index (χ0) is 22.0. The van der Waals surface area contributed by atoms with E-state index in [2.05, 4.69) is 15.3 Å². The number of hydrogen-bond acceptors (Lipinski definition) is 6. The van der Waals surface area contributed by atoms with E-state index in [4.69, 9.17) is 0 Å². The molecule has 0 aliphatic heterocycles. The van der Waals surface area contributed by atoms with Gasteiger partial charge in [0.15, 0.2) is 15.7 Å². The second-order valence-electron chi connectivity index (χ2n) is 8.19. The first kappa shape index (κ1) is 21.3. The third kappa shape index (κ3) is 4.56. The summed E-state index contributed by atoms with van der Waals surface area (Å²) in [5.74, 6) is 0.316. The molecule has 1 fully saturated rings. The van der Waals surface area contributed by atoms with E-state index >= 15 is 0 Å². The Hall–Kier alpha value is -2.94. The number of amides is 1. The van der Waals surface area contributed by atoms with Crippen LogP contribution in [0.25, 0.3) is 10.8 Å². The van der Waals surface area contributed by atoms with Crippen molar-refractivity contribution in [2.24, 2.45) is 5.92 Å². The number of hydrogen-bond donors (Lipinski definition) is 2. The monoisotopic (exact) mass is 442 g/mol. The molecule has 2 N–H and O–H groups in total. The van der Waals surface area contributed by atoms with Crippen molar-refractivity contribution in [2.45, 2.75) is 49.5 Å². The number of fused-ring (bicyclic) bond motifs is 1. The molecule has 4 rings (SSSR count). The van der Waals surface area contributed by atoms with Crippen molar-refractivity contribution in [1.82, 2.24) is 14.5 Å². The summed E-state index contributed by atoms with van der Waals surface area (Å²) in [6.07, 6.45) is 11.7. The molecule has 0 spiro atoms. The molecule has 1 amide bonds. The molecule has 1 aliphatic rings. The van der Waals surface area contributed by atoms with Gasteiger partial charge in [0.05, 0.1) is 4.90 Å². The van der Waals surface area contributed by atoms with Gasteiger partial charge in [-0.3, -0.25) is 4.79 Å². The Bertz CT molecular complexity index is 1180. The summed E-state index contributed by atoms with van der Waals surface area (Å²) in [5.41, 5.74) is 0. The highest BCUT2D eigenvalue weighted by molar-refractivity contribution is 7.91. The molecule has 1 aliphatic carbocycles. The van der Waals surface area contributed by atoms with Crippen LogP contribution in [0, 0.1) is 5.92 Å². The SMILES string of the molecule is CS(=O)(=O)c1cccc2c(O)n([C@@H](CC3CCCCC3)C(=O)Nc3ccncn3)cc12. The van der Waals surface area contributed by atoms with Crippen LogP contribution in [0.15, 0.2) is 47.9 Å². The molecule has 1 atom stereocenters. The number of rotatable bonds is 6. The fourth-order valence-electron chi connectivity index (χ4n) is 4.43. The van der Waals surface area contributed by atoms with Crippen molar-refractivity contribution in [1.29, 1.82) is 0 Å². The highest BCUT2D eigenvalue weighted by atomic mass is 32.2. The second-order valence-corrected chi connectivity index (χ2v) is 10.2. The van der Waals surface area contributed by atoms with E-state index in [0.717, 1.165) is 31.9 Å². The molecular formula is C22H26N4O4S. The fraction of sp³-hybridized carbons (Fsp3) is 0.409. The number of carbonyl (C=O) groups is 1. The van der Waals surface area contributed by atoms with Crippen molar-refractivity contribution in [3.8, 4) is 5.88 Å². The molecule has 1 saturated carbocycles. The van der Waals surface area contributed by atoms with Crippen molar-refractivity contribution >= 4 is 32.3 Å². The quantitative estimate of drug-likeness (QED) is 0.602. The van der Waals surface area contributed by atoms with Crippen molar-refractivity contribution in [3.05, 3.63) is 43.0 Å². The topological polar surface area (TPSA) is 114 Å². The summed E-state index contributed by atoms with van der Waals surface area (Å²) in [6, 6.07) is 5.68. The van der Waals surface area contributed by atoms with Gasteiger partial charge in [-0.15, -0.1) is 0 Å². The number of nitrogens with zero attached hydrogens (tertiary/aromatic N) is 3. The number of benzene rings is 1. The molecule has 164 valence electrons. The Balaban J connectivity index is 1.76. The maximum Gasteiger partial charge on any atom is 0.248 e. The molecule has 2 heterocycles. The molecule has 3 aromatic rings. The summed E-state index contributed by atoms with van der Waals surface area (Å²) in [4.78, 5) is 21.3. The molecular weight excluding hydrogens is 416 g/mol. The predicted molar refractivity (Wildman–Crippen MR) is 118 cm³/mol. The Labute approximate surface area is 181 Å². The van der Waals surface area contributed by atoms with E-state index < -0.39 is 15.9 Å². The predicted octanol–water partition coefficient (Wildman–Crippen LogP) is 3.69. The van der Waals surface area contributed by atoms with Gasteiger partial charge < -0.3 is 15.0 Å². The van der Waals surface area contributed by atoms with Crippen LogP contribution >= 0.6 is 0 Å². The molecule has 31 heavy (non-hydrogen) atoms. The highest BCUT2D eigenvalue weighted by Gasteiger charge is 2.29. The molecule has 9 heteroatoms. The standard InChI is InChI=1S/C22H26N4O4S/c1-31(29,30)19-9-5-8-16-17(19)13-26(22(16)28)18(12-15-6-3-2-4-7-15)21(27)25-20-10-11-23-14-24-20/h5,8-11,13-15,18,28H,2-4,6-7,12H2,1H3,(H,23,24,25,27)/t18-/m0/s1. The van der Waals surface area contributed by atoms with E-state index in [0.29, 0.717) is 28.9 Å². The Kier molecular flexibility index (Phi) is 5.95. The lowest BCUT2D eigenvalue weighted by Crippen LogP contribution is -2.28. The van der Waals surface area contributed by atoms with Crippen molar-refractivity contribution < 1.29 is 18.3 Å². The number of aromatic hydroxyl groups is 1. The normalized spacial score (nSPS) is 16.3. The van der Waals surface area contributed by atoms with E-state index in [9.17, 15) is 18.3 Å². The van der Waals surface area contributed by atoms with Crippen LogP contribution in [0.5, 0.6) is 5.88 Å². The van der Waals surface area contributed by atoms with Gasteiger partial charge in [-0.1, -0.05) is 38.2 Å². The largest absolute Gasteiger partial charge is 0.494 e. The van der Waals surface area contributed by atoms with E-state index in [1.54, 1.807) is 30.6 Å². The zero-order valence-electron chi connectivity index (χ0n) is 17.4. The fourth-order valence-corrected chi connectivity index (χ4v) is 5.32. The first-order chi connectivity index (χ1) is 14.8. The smallest absolute Gasteiger partial charge is 0.248 e. The lowest BCUT2D eigenvalue weighted by Gasteiger charge is -2.27. The van der Waals surface area contributed by atoms with Gasteiger partial charge in [-0.2, -0.15) is 0 Å². The van der Waals surface area contributed by atoms with Crippen molar-refractivity contribution in [3.63, 3.8) is 0 Å². The number of nitrogens with one attached hydrogen (secondary N) is 1. The first-order valence-electron chi connectivity index (χ1n) is 10.4. The summed E-state index contributed by atoms with van der Waals surface area (Å²) < 4.78 is 26.0. The van der Waals surface area contributed by atoms with E-state index in [1.165, 1.54) is 23.4 Å². The van der Waals surface area contributed by atoms with Crippen LogP contribution in [-0.4, -0.2) is 40.2 Å². The minimum absolute atomic E-state index is 0.112. The summed E-state index contributed by atoms with van der Waals surface area (Å²) >= 11 is 0. The third-order valence-corrected chi connectivity index (χ3v) is 7.13. The minimum Gasteiger partial charge on any atom is -0.494 e. The minimum atomic E-state index is -3.50. The maximum atomic E-state index is 13.3. The number of carbonyl (C=O) groups excluding carboxylic acids is 1. The summed E-state index contributed by atoms with van der Waals surface area (Å²) in [5, 5.41) is 14.6. The van der Waals surface area contributed by atoms with Gasteiger partial charge >= 0.3 is 0 Å². The molecule has 1 aromatic carbocycles. The van der Waals surface area contributed by atoms with Gasteiger partial charge in [0, 0.05) is 29.4 Å². The van der Waals surface area contributed by atoms with E-state index in [1.807, 2.05) is 0 Å². The zero-order valence-corrected chi connectivity index (χ0v) is 18.2. The van der Waals surface area contributed by atoms with Crippen LogP contribution in [0.4, 0.5) is 5.82 Å². The van der Waals surface area contributed by atoms with Crippen LogP contribution in [0.1, 0.15) is 44.6 Å². The number of sulfone groups is 1. The van der Waals surface area contributed by atoms with Gasteiger partial charge in [0.1, 0.15) is 18.2 Å². The molecule has 0 unspecified atom stereocenters. The van der Waals surface area contributed by atoms with Gasteiger partial charge in [0.25, 0.3) is 0 Å². The number of aromatic nitrogens is 3. The van der Waals surface area contributed by atoms with Crippen molar-refractivity contribution in [2.75, 3.05) is 11.6 Å². The maximum absolute atomic E-state index is 13.3. The van der Waals surface area contributed by atoms with Crippen LogP contribution in [0.2, 0.25) is 0 Å². The molecule has 0 radical (unpaired) electrons.